The Morgan fingerprint density at radius 1 is 0.189 bits per heavy atom. The van der Waals surface area contributed by atoms with Gasteiger partial charge in [0, 0.05) is 0 Å². The van der Waals surface area contributed by atoms with Crippen molar-refractivity contribution in [2.75, 3.05) is 26.4 Å². The van der Waals surface area contributed by atoms with Gasteiger partial charge in [-0.25, -0.2) is 9.13 Å². The highest BCUT2D eigenvalue weighted by atomic mass is 31.2. The van der Waals surface area contributed by atoms with E-state index in [1.807, 2.05) is 0 Å². The maximum atomic E-state index is 12.0. The Hall–Kier alpha value is 0.220. The predicted octanol–water partition coefficient (Wildman–Crippen LogP) is 24.2. The SMILES string of the molecule is CCCCCCCCCCCCCCCCOP(=O)(O)OCCCCCCCCCCCCCCCC.CCCCCCCCCCCCCCCCOP(=O)(O)OCCCCCCCCCCCCCCCC. The van der Waals surface area contributed by atoms with Crippen LogP contribution in [0.15, 0.2) is 0 Å². The van der Waals surface area contributed by atoms with E-state index in [1.165, 1.54) is 308 Å². The van der Waals surface area contributed by atoms with Crippen molar-refractivity contribution in [2.24, 2.45) is 0 Å². The molecular weight excluding hydrogens is 959 g/mol. The Kier molecular flexibility index (Phi) is 67.8. The lowest BCUT2D eigenvalue weighted by Gasteiger charge is -2.12. The summed E-state index contributed by atoms with van der Waals surface area (Å²) in [6, 6.07) is 0. The standard InChI is InChI=1S/2C32H67O4P/c2*1-3-5-7-9-11-13-15-17-19-21-23-25-27-29-31-35-37(33,34)36-32-30-28-26-24-22-20-18-16-14-12-10-8-6-4-2/h2*3-32H2,1-2H3,(H,33,34). The summed E-state index contributed by atoms with van der Waals surface area (Å²) in [5.41, 5.74) is 0. The van der Waals surface area contributed by atoms with Crippen molar-refractivity contribution < 1.29 is 37.0 Å². The minimum absolute atomic E-state index is 0.324. The van der Waals surface area contributed by atoms with Crippen molar-refractivity contribution in [3.63, 3.8) is 0 Å². The van der Waals surface area contributed by atoms with Crippen LogP contribution >= 0.6 is 15.6 Å². The van der Waals surface area contributed by atoms with E-state index in [9.17, 15) is 18.9 Å². The Morgan fingerprint density at radius 3 is 0.392 bits per heavy atom. The van der Waals surface area contributed by atoms with Crippen LogP contribution in [0.4, 0.5) is 0 Å². The first-order valence-electron chi connectivity index (χ1n) is 33.5. The molecule has 8 nitrogen and oxygen atoms in total. The van der Waals surface area contributed by atoms with Crippen LogP contribution in [-0.4, -0.2) is 36.2 Å². The molecule has 0 unspecified atom stereocenters. The Bertz CT molecular complexity index is 951. The second-order valence-electron chi connectivity index (χ2n) is 22.7. The van der Waals surface area contributed by atoms with Crippen LogP contribution in [0.3, 0.4) is 0 Å². The first kappa shape index (κ1) is 76.3. The predicted molar refractivity (Wildman–Crippen MR) is 325 cm³/mol. The molecule has 0 fully saturated rings. The zero-order valence-corrected chi connectivity index (χ0v) is 52.5. The van der Waals surface area contributed by atoms with E-state index >= 15 is 0 Å². The van der Waals surface area contributed by atoms with Crippen molar-refractivity contribution in [3.05, 3.63) is 0 Å². The van der Waals surface area contributed by atoms with Gasteiger partial charge >= 0.3 is 15.6 Å². The smallest absolute Gasteiger partial charge is 0.302 e. The molecule has 0 heterocycles. The molecule has 2 N–H and O–H groups in total. The molecule has 0 saturated heterocycles. The molecule has 0 rings (SSSR count). The highest BCUT2D eigenvalue weighted by molar-refractivity contribution is 7.47. The lowest BCUT2D eigenvalue weighted by molar-refractivity contribution is 0.144. The molecule has 0 aliphatic rings. The molecule has 0 amide bonds. The lowest BCUT2D eigenvalue weighted by atomic mass is 10.0. The molecule has 0 aromatic heterocycles. The summed E-state index contributed by atoms with van der Waals surface area (Å²) in [5, 5.41) is 0. The highest BCUT2D eigenvalue weighted by Crippen LogP contribution is 2.44. The fourth-order valence-corrected chi connectivity index (χ4v) is 11.6. The van der Waals surface area contributed by atoms with Crippen molar-refractivity contribution in [3.8, 4) is 0 Å². The largest absolute Gasteiger partial charge is 0.472 e. The van der Waals surface area contributed by atoms with Crippen LogP contribution in [0, 0.1) is 0 Å². The van der Waals surface area contributed by atoms with Gasteiger partial charge in [-0.2, -0.15) is 0 Å². The van der Waals surface area contributed by atoms with Gasteiger partial charge in [0.05, 0.1) is 26.4 Å². The van der Waals surface area contributed by atoms with Crippen molar-refractivity contribution in [2.45, 2.75) is 387 Å². The molecule has 0 aliphatic heterocycles. The second kappa shape index (κ2) is 65.7. The summed E-state index contributed by atoms with van der Waals surface area (Å²) < 4.78 is 44.6. The van der Waals surface area contributed by atoms with Gasteiger partial charge in [-0.05, 0) is 25.7 Å². The Labute approximate surface area is 464 Å². The van der Waals surface area contributed by atoms with Crippen molar-refractivity contribution in [1.29, 1.82) is 0 Å². The minimum Gasteiger partial charge on any atom is -0.302 e. The zero-order valence-electron chi connectivity index (χ0n) is 50.7. The summed E-state index contributed by atoms with van der Waals surface area (Å²) in [6.45, 7) is 10.4. The van der Waals surface area contributed by atoms with Crippen LogP contribution in [0.1, 0.15) is 387 Å². The second-order valence-corrected chi connectivity index (χ2v) is 25.6. The van der Waals surface area contributed by atoms with E-state index in [-0.39, 0.29) is 0 Å². The molecule has 0 radical (unpaired) electrons. The third-order valence-corrected chi connectivity index (χ3v) is 17.0. The topological polar surface area (TPSA) is 112 Å². The number of phosphoric ester groups is 2. The molecule has 0 aromatic rings. The number of rotatable bonds is 64. The zero-order chi connectivity index (χ0) is 54.3. The fraction of sp³-hybridized carbons (Fsp3) is 1.00. The van der Waals surface area contributed by atoms with E-state index in [0.29, 0.717) is 26.4 Å². The maximum Gasteiger partial charge on any atom is 0.472 e. The molecule has 0 spiro atoms. The van der Waals surface area contributed by atoms with Crippen LogP contribution in [0.25, 0.3) is 0 Å². The summed E-state index contributed by atoms with van der Waals surface area (Å²) in [5.74, 6) is 0. The van der Waals surface area contributed by atoms with Gasteiger partial charge in [0.1, 0.15) is 0 Å². The number of hydrogen-bond acceptors (Lipinski definition) is 6. The average Bonchev–Trinajstić information content (AvgIpc) is 3.38. The van der Waals surface area contributed by atoms with E-state index in [1.54, 1.807) is 0 Å². The average molecular weight is 1090 g/mol. The quantitative estimate of drug-likeness (QED) is 0.0458. The summed E-state index contributed by atoms with van der Waals surface area (Å²) in [4.78, 5) is 19.7. The number of unbranched alkanes of at least 4 members (excludes halogenated alkanes) is 52. The summed E-state index contributed by atoms with van der Waals surface area (Å²) in [6.07, 6.45) is 72.7. The van der Waals surface area contributed by atoms with Crippen LogP contribution < -0.4 is 0 Å². The van der Waals surface area contributed by atoms with Crippen LogP contribution in [-0.2, 0) is 27.2 Å². The molecule has 74 heavy (non-hydrogen) atoms. The van der Waals surface area contributed by atoms with Gasteiger partial charge in [0.15, 0.2) is 0 Å². The minimum atomic E-state index is -3.87. The molecule has 0 atom stereocenters. The van der Waals surface area contributed by atoms with Crippen molar-refractivity contribution >= 4 is 15.6 Å². The first-order chi connectivity index (χ1) is 36.2. The van der Waals surface area contributed by atoms with Gasteiger partial charge in [-0.15, -0.1) is 0 Å². The molecule has 448 valence electrons. The first-order valence-corrected chi connectivity index (χ1v) is 36.5. The Balaban J connectivity index is 0. The number of hydrogen-bond donors (Lipinski definition) is 2. The maximum absolute atomic E-state index is 12.0. The van der Waals surface area contributed by atoms with Gasteiger partial charge < -0.3 is 9.79 Å². The molecule has 10 heteroatoms. The highest BCUT2D eigenvalue weighted by Gasteiger charge is 2.21. The van der Waals surface area contributed by atoms with E-state index < -0.39 is 15.6 Å². The normalized spacial score (nSPS) is 12.0. The van der Waals surface area contributed by atoms with E-state index in [2.05, 4.69) is 27.7 Å². The molecule has 0 saturated carbocycles. The molecule has 0 aliphatic carbocycles. The summed E-state index contributed by atoms with van der Waals surface area (Å²) in [7, 11) is -7.73. The molecular formula is C64H134O8P2. The number of phosphoric acid groups is 2. The van der Waals surface area contributed by atoms with Crippen LogP contribution in [0.2, 0.25) is 0 Å². The summed E-state index contributed by atoms with van der Waals surface area (Å²) >= 11 is 0. The Morgan fingerprint density at radius 2 is 0.284 bits per heavy atom. The van der Waals surface area contributed by atoms with Crippen molar-refractivity contribution in [1.82, 2.24) is 0 Å². The van der Waals surface area contributed by atoms with Gasteiger partial charge in [0.2, 0.25) is 0 Å². The lowest BCUT2D eigenvalue weighted by Crippen LogP contribution is -1.99. The third kappa shape index (κ3) is 70.2. The van der Waals surface area contributed by atoms with Gasteiger partial charge in [-0.1, -0.05) is 362 Å². The van der Waals surface area contributed by atoms with Crippen LogP contribution in [0.5, 0.6) is 0 Å². The molecule has 0 bridgehead atoms. The monoisotopic (exact) mass is 1090 g/mol. The van der Waals surface area contributed by atoms with E-state index in [4.69, 9.17) is 18.1 Å². The van der Waals surface area contributed by atoms with Gasteiger partial charge in [-0.3, -0.25) is 18.1 Å². The molecule has 0 aromatic carbocycles. The van der Waals surface area contributed by atoms with E-state index in [0.717, 1.165) is 51.4 Å². The van der Waals surface area contributed by atoms with Gasteiger partial charge in [0.25, 0.3) is 0 Å². The third-order valence-electron chi connectivity index (χ3n) is 15.0. The fourth-order valence-electron chi connectivity index (χ4n) is 9.98.